The summed E-state index contributed by atoms with van der Waals surface area (Å²) in [6, 6.07) is 22.2. The van der Waals surface area contributed by atoms with Gasteiger partial charge < -0.3 is 19.1 Å². The zero-order valence-corrected chi connectivity index (χ0v) is 21.6. The van der Waals surface area contributed by atoms with Crippen LogP contribution in [0.15, 0.2) is 72.9 Å². The van der Waals surface area contributed by atoms with Crippen molar-refractivity contribution in [2.75, 3.05) is 20.2 Å². The van der Waals surface area contributed by atoms with E-state index in [0.717, 1.165) is 35.4 Å². The second kappa shape index (κ2) is 11.9. The fourth-order valence-electron chi connectivity index (χ4n) is 4.47. The minimum absolute atomic E-state index is 0.0253. The Morgan fingerprint density at radius 3 is 2.39 bits per heavy atom. The fourth-order valence-corrected chi connectivity index (χ4v) is 4.47. The minimum atomic E-state index is -0.0253. The van der Waals surface area contributed by atoms with E-state index in [4.69, 9.17) is 4.74 Å². The number of hydrogen-bond donors (Lipinski definition) is 0. The molecule has 0 unspecified atom stereocenters. The van der Waals surface area contributed by atoms with Crippen molar-refractivity contribution in [2.45, 2.75) is 46.3 Å². The van der Waals surface area contributed by atoms with Crippen LogP contribution in [0.3, 0.4) is 0 Å². The Labute approximate surface area is 214 Å². The molecular weight excluding hydrogens is 450 g/mol. The first-order chi connectivity index (χ1) is 17.4. The number of nitrogens with zero attached hydrogens (tertiary/aromatic N) is 3. The topological polar surface area (TPSA) is 54.8 Å². The summed E-state index contributed by atoms with van der Waals surface area (Å²) in [6.45, 7) is 6.56. The van der Waals surface area contributed by atoms with Crippen molar-refractivity contribution in [2.24, 2.45) is 11.8 Å². The molecule has 6 nitrogen and oxygen atoms in total. The van der Waals surface area contributed by atoms with Crippen LogP contribution in [0.4, 0.5) is 0 Å². The number of hydrogen-bond acceptors (Lipinski definition) is 3. The van der Waals surface area contributed by atoms with E-state index in [2.05, 4.69) is 30.5 Å². The van der Waals surface area contributed by atoms with Crippen LogP contribution in [0.5, 0.6) is 5.75 Å². The Hall–Kier alpha value is -3.54. The van der Waals surface area contributed by atoms with Gasteiger partial charge in [0.15, 0.2) is 0 Å². The van der Waals surface area contributed by atoms with Crippen LogP contribution in [-0.2, 0) is 29.2 Å². The molecule has 1 aliphatic rings. The molecule has 0 aliphatic heterocycles. The van der Waals surface area contributed by atoms with Crippen LogP contribution in [0.25, 0.3) is 0 Å². The lowest BCUT2D eigenvalue weighted by Crippen LogP contribution is -2.44. The third-order valence-corrected chi connectivity index (χ3v) is 6.48. The predicted molar refractivity (Wildman–Crippen MR) is 141 cm³/mol. The van der Waals surface area contributed by atoms with Crippen LogP contribution in [0.1, 0.15) is 43.5 Å². The maximum atomic E-state index is 13.7. The van der Waals surface area contributed by atoms with Crippen LogP contribution in [0, 0.1) is 11.8 Å². The molecule has 36 heavy (non-hydrogen) atoms. The van der Waals surface area contributed by atoms with Crippen molar-refractivity contribution >= 4 is 11.8 Å². The average Bonchev–Trinajstić information content (AvgIpc) is 3.64. The molecule has 0 radical (unpaired) electrons. The van der Waals surface area contributed by atoms with E-state index < -0.39 is 0 Å². The normalized spacial score (nSPS) is 13.0. The van der Waals surface area contributed by atoms with Gasteiger partial charge in [-0.2, -0.15) is 0 Å². The van der Waals surface area contributed by atoms with E-state index in [1.165, 1.54) is 0 Å². The summed E-state index contributed by atoms with van der Waals surface area (Å²) in [6.07, 6.45) is 3.92. The van der Waals surface area contributed by atoms with Gasteiger partial charge in [-0.25, -0.2) is 0 Å². The van der Waals surface area contributed by atoms with Crippen LogP contribution >= 0.6 is 0 Å². The summed E-state index contributed by atoms with van der Waals surface area (Å²) < 4.78 is 7.55. The Bertz CT molecular complexity index is 1150. The summed E-state index contributed by atoms with van der Waals surface area (Å²) in [5, 5.41) is 0. The Morgan fingerprint density at radius 2 is 1.69 bits per heavy atom. The highest BCUT2D eigenvalue weighted by atomic mass is 16.5. The molecule has 6 heteroatoms. The molecule has 0 atom stereocenters. The summed E-state index contributed by atoms with van der Waals surface area (Å²) in [5.74, 6) is 1.33. The van der Waals surface area contributed by atoms with Crippen molar-refractivity contribution in [3.8, 4) is 5.75 Å². The number of carbonyl (C=O) groups is 2. The largest absolute Gasteiger partial charge is 0.497 e. The first-order valence-electron chi connectivity index (χ1n) is 12.8. The molecule has 0 spiro atoms. The smallest absolute Gasteiger partial charge is 0.242 e. The fraction of sp³-hybridized carbons (Fsp3) is 0.400. The number of methoxy groups -OCH3 is 1. The lowest BCUT2D eigenvalue weighted by atomic mass is 10.1. The predicted octanol–water partition coefficient (Wildman–Crippen LogP) is 4.97. The van der Waals surface area contributed by atoms with Crippen LogP contribution in [-0.4, -0.2) is 46.4 Å². The average molecular weight is 488 g/mol. The highest BCUT2D eigenvalue weighted by Crippen LogP contribution is 2.31. The van der Waals surface area contributed by atoms with Crippen LogP contribution < -0.4 is 4.74 Å². The van der Waals surface area contributed by atoms with Crippen molar-refractivity contribution in [1.29, 1.82) is 0 Å². The number of ether oxygens (including phenoxy) is 1. The van der Waals surface area contributed by atoms with E-state index in [0.29, 0.717) is 32.1 Å². The molecule has 3 aromatic rings. The second-order valence-electron chi connectivity index (χ2n) is 10.1. The Morgan fingerprint density at radius 1 is 0.944 bits per heavy atom. The first kappa shape index (κ1) is 25.5. The molecule has 1 aliphatic carbocycles. The lowest BCUT2D eigenvalue weighted by molar-refractivity contribution is -0.142. The van der Waals surface area contributed by atoms with Crippen molar-refractivity contribution < 1.29 is 14.3 Å². The van der Waals surface area contributed by atoms with Crippen molar-refractivity contribution in [3.63, 3.8) is 0 Å². The molecule has 1 aromatic heterocycles. The van der Waals surface area contributed by atoms with E-state index >= 15 is 0 Å². The summed E-state index contributed by atoms with van der Waals surface area (Å²) in [7, 11) is 1.67. The van der Waals surface area contributed by atoms with Gasteiger partial charge in [-0.1, -0.05) is 56.3 Å². The third kappa shape index (κ3) is 7.00. The SMILES string of the molecule is COc1cccc(Cn2cccc2CN(Cc2ccccc2)C(=O)CN(CC(C)C)C(=O)C2CC2)c1. The first-order valence-corrected chi connectivity index (χ1v) is 12.8. The molecular formula is C30H37N3O3. The van der Waals surface area contributed by atoms with E-state index in [1.807, 2.05) is 65.7 Å². The number of benzene rings is 2. The minimum Gasteiger partial charge on any atom is -0.497 e. The van der Waals surface area contributed by atoms with Gasteiger partial charge >= 0.3 is 0 Å². The number of amides is 2. The highest BCUT2D eigenvalue weighted by Gasteiger charge is 2.35. The number of carbonyl (C=O) groups excluding carboxylic acids is 2. The van der Waals surface area contributed by atoms with Gasteiger partial charge in [0.05, 0.1) is 20.2 Å². The van der Waals surface area contributed by atoms with Gasteiger partial charge in [0, 0.05) is 37.4 Å². The molecule has 0 N–H and O–H groups in total. The Kier molecular flexibility index (Phi) is 8.47. The quantitative estimate of drug-likeness (QED) is 0.363. The van der Waals surface area contributed by atoms with E-state index in [1.54, 1.807) is 12.0 Å². The lowest BCUT2D eigenvalue weighted by Gasteiger charge is -2.29. The van der Waals surface area contributed by atoms with Gasteiger partial charge in [0.25, 0.3) is 0 Å². The molecule has 2 amide bonds. The maximum Gasteiger partial charge on any atom is 0.242 e. The Balaban J connectivity index is 1.53. The van der Waals surface area contributed by atoms with Gasteiger partial charge in [-0.05, 0) is 54.2 Å². The van der Waals surface area contributed by atoms with E-state index in [-0.39, 0.29) is 24.3 Å². The molecule has 1 heterocycles. The monoisotopic (exact) mass is 487 g/mol. The molecule has 1 fully saturated rings. The van der Waals surface area contributed by atoms with Gasteiger partial charge in [-0.3, -0.25) is 9.59 Å². The van der Waals surface area contributed by atoms with Crippen LogP contribution in [0.2, 0.25) is 0 Å². The molecule has 2 aromatic carbocycles. The zero-order valence-electron chi connectivity index (χ0n) is 21.6. The number of rotatable bonds is 12. The summed E-state index contributed by atoms with van der Waals surface area (Å²) in [4.78, 5) is 30.2. The summed E-state index contributed by atoms with van der Waals surface area (Å²) >= 11 is 0. The molecule has 0 bridgehead atoms. The maximum absolute atomic E-state index is 13.7. The third-order valence-electron chi connectivity index (χ3n) is 6.48. The van der Waals surface area contributed by atoms with E-state index in [9.17, 15) is 9.59 Å². The zero-order chi connectivity index (χ0) is 25.5. The molecule has 1 saturated carbocycles. The molecule has 0 saturated heterocycles. The van der Waals surface area contributed by atoms with Gasteiger partial charge in [-0.15, -0.1) is 0 Å². The second-order valence-corrected chi connectivity index (χ2v) is 10.1. The molecule has 190 valence electrons. The van der Waals surface area contributed by atoms with Gasteiger partial charge in [0.1, 0.15) is 5.75 Å². The standard InChI is InChI=1S/C30H37N3O3/c1-23(2)18-33(30(35)26-14-15-26)22-29(34)32(19-24-9-5-4-6-10-24)21-27-12-8-16-31(27)20-25-11-7-13-28(17-25)36-3/h4-13,16-17,23,26H,14-15,18-22H2,1-3H3. The highest BCUT2D eigenvalue weighted by molar-refractivity contribution is 5.87. The van der Waals surface area contributed by atoms with Gasteiger partial charge in [0.2, 0.25) is 11.8 Å². The summed E-state index contributed by atoms with van der Waals surface area (Å²) in [5.41, 5.74) is 3.25. The van der Waals surface area contributed by atoms with Crippen molar-refractivity contribution in [1.82, 2.24) is 14.4 Å². The molecule has 4 rings (SSSR count). The van der Waals surface area contributed by atoms with Crippen molar-refractivity contribution in [3.05, 3.63) is 89.7 Å². The number of aromatic nitrogens is 1.